The summed E-state index contributed by atoms with van der Waals surface area (Å²) in [4.78, 5) is 22.6. The summed E-state index contributed by atoms with van der Waals surface area (Å²) in [6.07, 6.45) is 1.68. The summed E-state index contributed by atoms with van der Waals surface area (Å²) in [7, 11) is 0. The Morgan fingerprint density at radius 1 is 1.31 bits per heavy atom. The van der Waals surface area contributed by atoms with Gasteiger partial charge in [-0.05, 0) is 38.1 Å². The van der Waals surface area contributed by atoms with Crippen LogP contribution in [0.1, 0.15) is 30.4 Å². The smallest absolute Gasteiger partial charge is 0.235 e. The summed E-state index contributed by atoms with van der Waals surface area (Å²) in [6, 6.07) is 8.04. The number of nitrogens with zero attached hydrogens (tertiary/aromatic N) is 4. The second kappa shape index (κ2) is 7.25. The number of aryl methyl sites for hydroxylation is 1. The lowest BCUT2D eigenvalue weighted by Crippen LogP contribution is -2.40. The van der Waals surface area contributed by atoms with Gasteiger partial charge in [0.2, 0.25) is 17.7 Å². The van der Waals surface area contributed by atoms with Crippen LogP contribution in [-0.2, 0) is 17.9 Å². The van der Waals surface area contributed by atoms with Crippen LogP contribution < -0.4 is 5.32 Å². The quantitative estimate of drug-likeness (QED) is 0.724. The SMILES string of the molecule is Cc1nnc(CNC(=O)C2CCN(Cc3nc4ccccc4[nH]3)CC2)o1. The van der Waals surface area contributed by atoms with Crippen LogP contribution in [0.25, 0.3) is 11.0 Å². The number of fused-ring (bicyclic) bond motifs is 1. The van der Waals surface area contributed by atoms with E-state index >= 15 is 0 Å². The van der Waals surface area contributed by atoms with Crippen molar-refractivity contribution in [2.45, 2.75) is 32.9 Å². The lowest BCUT2D eigenvalue weighted by Gasteiger charge is -2.30. The van der Waals surface area contributed by atoms with E-state index in [9.17, 15) is 4.79 Å². The Bertz CT molecular complexity index is 861. The van der Waals surface area contributed by atoms with Crippen LogP contribution in [0.4, 0.5) is 0 Å². The van der Waals surface area contributed by atoms with E-state index in [4.69, 9.17) is 4.42 Å². The van der Waals surface area contributed by atoms with E-state index in [1.54, 1.807) is 6.92 Å². The van der Waals surface area contributed by atoms with Crippen molar-refractivity contribution in [3.8, 4) is 0 Å². The Balaban J connectivity index is 1.26. The summed E-state index contributed by atoms with van der Waals surface area (Å²) < 4.78 is 5.27. The van der Waals surface area contributed by atoms with Gasteiger partial charge in [0, 0.05) is 12.8 Å². The fraction of sp³-hybridized carbons (Fsp3) is 0.444. The van der Waals surface area contributed by atoms with Gasteiger partial charge in [-0.25, -0.2) is 4.98 Å². The molecule has 1 aromatic carbocycles. The first-order chi connectivity index (χ1) is 12.7. The number of carbonyl (C=O) groups is 1. The van der Waals surface area contributed by atoms with Crippen LogP contribution in [0.3, 0.4) is 0 Å². The number of carbonyl (C=O) groups excluding carboxylic acids is 1. The van der Waals surface area contributed by atoms with Gasteiger partial charge in [0.05, 0.1) is 24.1 Å². The number of para-hydroxylation sites is 2. The van der Waals surface area contributed by atoms with Gasteiger partial charge in [0.15, 0.2) is 0 Å². The normalized spacial score (nSPS) is 16.2. The third-order valence-electron chi connectivity index (χ3n) is 4.75. The number of rotatable bonds is 5. The van der Waals surface area contributed by atoms with E-state index in [2.05, 4.69) is 30.4 Å². The van der Waals surface area contributed by atoms with E-state index in [0.29, 0.717) is 18.3 Å². The van der Waals surface area contributed by atoms with Gasteiger partial charge in [0.25, 0.3) is 0 Å². The zero-order chi connectivity index (χ0) is 17.9. The van der Waals surface area contributed by atoms with Crippen LogP contribution in [0.15, 0.2) is 28.7 Å². The molecule has 0 bridgehead atoms. The van der Waals surface area contributed by atoms with Gasteiger partial charge in [-0.3, -0.25) is 9.69 Å². The zero-order valence-electron chi connectivity index (χ0n) is 14.7. The number of benzene rings is 1. The van der Waals surface area contributed by atoms with Crippen LogP contribution in [0.2, 0.25) is 0 Å². The minimum atomic E-state index is 0.0333. The van der Waals surface area contributed by atoms with Crippen LogP contribution >= 0.6 is 0 Å². The molecular weight excluding hydrogens is 332 g/mol. The van der Waals surface area contributed by atoms with E-state index in [0.717, 1.165) is 49.3 Å². The maximum Gasteiger partial charge on any atom is 0.235 e. The molecule has 1 amide bonds. The van der Waals surface area contributed by atoms with Crippen LogP contribution in [0.5, 0.6) is 0 Å². The molecule has 136 valence electrons. The number of amides is 1. The highest BCUT2D eigenvalue weighted by atomic mass is 16.4. The topological polar surface area (TPSA) is 99.9 Å². The van der Waals surface area contributed by atoms with Crippen molar-refractivity contribution in [1.82, 2.24) is 30.4 Å². The van der Waals surface area contributed by atoms with Gasteiger partial charge in [-0.15, -0.1) is 10.2 Å². The molecule has 2 N–H and O–H groups in total. The van der Waals surface area contributed by atoms with Crippen molar-refractivity contribution in [3.63, 3.8) is 0 Å². The molecule has 4 rings (SSSR count). The summed E-state index contributed by atoms with van der Waals surface area (Å²) in [5.74, 6) is 2.02. The monoisotopic (exact) mass is 354 g/mol. The second-order valence-electron chi connectivity index (χ2n) is 6.68. The molecule has 26 heavy (non-hydrogen) atoms. The fourth-order valence-corrected chi connectivity index (χ4v) is 3.36. The minimum absolute atomic E-state index is 0.0333. The third-order valence-corrected chi connectivity index (χ3v) is 4.75. The molecule has 0 unspecified atom stereocenters. The van der Waals surface area contributed by atoms with E-state index in [-0.39, 0.29) is 11.8 Å². The van der Waals surface area contributed by atoms with Gasteiger partial charge >= 0.3 is 0 Å². The molecule has 3 heterocycles. The predicted octanol–water partition coefficient (Wildman–Crippen LogP) is 1.78. The van der Waals surface area contributed by atoms with Gasteiger partial charge in [0.1, 0.15) is 5.82 Å². The summed E-state index contributed by atoms with van der Waals surface area (Å²) >= 11 is 0. The van der Waals surface area contributed by atoms with Crippen LogP contribution in [-0.4, -0.2) is 44.1 Å². The number of nitrogens with one attached hydrogen (secondary N) is 2. The first-order valence-corrected chi connectivity index (χ1v) is 8.90. The highest BCUT2D eigenvalue weighted by molar-refractivity contribution is 5.78. The third kappa shape index (κ3) is 3.75. The lowest BCUT2D eigenvalue weighted by atomic mass is 9.96. The molecule has 1 saturated heterocycles. The summed E-state index contributed by atoms with van der Waals surface area (Å²) in [6.45, 7) is 4.57. The van der Waals surface area contributed by atoms with E-state index in [1.807, 2.05) is 24.3 Å². The number of aromatic amines is 1. The standard InChI is InChI=1S/C18H22N6O2/c1-12-22-23-17(26-12)10-19-18(25)13-6-8-24(9-7-13)11-16-20-14-4-2-3-5-15(14)21-16/h2-5,13H,6-11H2,1H3,(H,19,25)(H,20,21). The highest BCUT2D eigenvalue weighted by Gasteiger charge is 2.25. The number of H-pyrrole nitrogens is 1. The summed E-state index contributed by atoms with van der Waals surface area (Å²) in [5.41, 5.74) is 2.06. The number of piperidine rings is 1. The number of imidazole rings is 1. The van der Waals surface area contributed by atoms with Gasteiger partial charge in [-0.2, -0.15) is 0 Å². The molecule has 0 atom stereocenters. The minimum Gasteiger partial charge on any atom is -0.424 e. The Kier molecular flexibility index (Phi) is 4.66. The van der Waals surface area contributed by atoms with Crippen molar-refractivity contribution in [1.29, 1.82) is 0 Å². The zero-order valence-corrected chi connectivity index (χ0v) is 14.7. The van der Waals surface area contributed by atoms with E-state index < -0.39 is 0 Å². The average molecular weight is 354 g/mol. The predicted molar refractivity (Wildman–Crippen MR) is 95.0 cm³/mol. The lowest BCUT2D eigenvalue weighted by molar-refractivity contribution is -0.126. The Morgan fingerprint density at radius 2 is 2.12 bits per heavy atom. The molecule has 1 aliphatic heterocycles. The Labute approximate surface area is 151 Å². The Hall–Kier alpha value is -2.74. The highest BCUT2D eigenvalue weighted by Crippen LogP contribution is 2.20. The molecule has 2 aromatic heterocycles. The molecule has 8 nitrogen and oxygen atoms in total. The molecule has 0 radical (unpaired) electrons. The Morgan fingerprint density at radius 3 is 2.85 bits per heavy atom. The fourth-order valence-electron chi connectivity index (χ4n) is 3.36. The number of hydrogen-bond donors (Lipinski definition) is 2. The molecule has 3 aromatic rings. The number of hydrogen-bond acceptors (Lipinski definition) is 6. The first kappa shape index (κ1) is 16.7. The number of likely N-dealkylation sites (tertiary alicyclic amines) is 1. The maximum atomic E-state index is 12.3. The molecule has 0 saturated carbocycles. The molecule has 8 heteroatoms. The molecular formula is C18H22N6O2. The first-order valence-electron chi connectivity index (χ1n) is 8.90. The average Bonchev–Trinajstić information content (AvgIpc) is 3.25. The van der Waals surface area contributed by atoms with Crippen molar-refractivity contribution in [2.75, 3.05) is 13.1 Å². The molecule has 0 spiro atoms. The van der Waals surface area contributed by atoms with Gasteiger partial charge < -0.3 is 14.7 Å². The molecule has 1 fully saturated rings. The van der Waals surface area contributed by atoms with Crippen molar-refractivity contribution < 1.29 is 9.21 Å². The molecule has 0 aliphatic carbocycles. The van der Waals surface area contributed by atoms with Crippen molar-refractivity contribution in [3.05, 3.63) is 41.9 Å². The van der Waals surface area contributed by atoms with Crippen LogP contribution in [0, 0.1) is 12.8 Å². The number of aromatic nitrogens is 4. The summed E-state index contributed by atoms with van der Waals surface area (Å²) in [5, 5.41) is 10.5. The largest absolute Gasteiger partial charge is 0.424 e. The van der Waals surface area contributed by atoms with E-state index in [1.165, 1.54) is 0 Å². The second-order valence-corrected chi connectivity index (χ2v) is 6.68. The van der Waals surface area contributed by atoms with Gasteiger partial charge in [-0.1, -0.05) is 12.1 Å². The molecule has 1 aliphatic rings. The van der Waals surface area contributed by atoms with Crippen molar-refractivity contribution >= 4 is 16.9 Å². The maximum absolute atomic E-state index is 12.3. The van der Waals surface area contributed by atoms with Crippen molar-refractivity contribution in [2.24, 2.45) is 5.92 Å².